The lowest BCUT2D eigenvalue weighted by Gasteiger charge is -2.11. The fourth-order valence-electron chi connectivity index (χ4n) is 3.85. The van der Waals surface area contributed by atoms with Gasteiger partial charge in [0.1, 0.15) is 5.75 Å². The predicted octanol–water partition coefficient (Wildman–Crippen LogP) is 6.35. The minimum absolute atomic E-state index is 0.139. The van der Waals surface area contributed by atoms with E-state index in [0.29, 0.717) is 23.5 Å². The van der Waals surface area contributed by atoms with E-state index in [1.807, 2.05) is 0 Å². The topological polar surface area (TPSA) is 115 Å². The number of halogens is 3. The molecule has 0 aliphatic rings. The number of ether oxygens (including phenoxy) is 3. The highest BCUT2D eigenvalue weighted by atomic mass is 19.4. The Hall–Kier alpha value is -5.65. The highest BCUT2D eigenvalue weighted by molar-refractivity contribution is 6.05. The van der Waals surface area contributed by atoms with E-state index in [-0.39, 0.29) is 28.3 Å². The van der Waals surface area contributed by atoms with Crippen LogP contribution in [0.4, 0.5) is 18.9 Å². The molecule has 0 aliphatic carbocycles. The van der Waals surface area contributed by atoms with Gasteiger partial charge in [-0.05, 0) is 91.3 Å². The van der Waals surface area contributed by atoms with Crippen molar-refractivity contribution in [1.82, 2.24) is 5.43 Å². The summed E-state index contributed by atoms with van der Waals surface area (Å²) in [4.78, 5) is 37.8. The molecule has 2 N–H and O–H groups in total. The molecule has 0 saturated carbocycles. The third-order valence-corrected chi connectivity index (χ3v) is 6.01. The summed E-state index contributed by atoms with van der Waals surface area (Å²) in [6.45, 7) is 2.07. The lowest BCUT2D eigenvalue weighted by Crippen LogP contribution is -2.18. The second kappa shape index (κ2) is 14.0. The number of nitrogens with one attached hydrogen (secondary N) is 2. The van der Waals surface area contributed by atoms with Crippen LogP contribution in [-0.4, -0.2) is 37.7 Å². The van der Waals surface area contributed by atoms with Crippen LogP contribution in [0.2, 0.25) is 0 Å². The summed E-state index contributed by atoms with van der Waals surface area (Å²) >= 11 is 0. The number of benzene rings is 4. The summed E-state index contributed by atoms with van der Waals surface area (Å²) in [6.07, 6.45) is -3.24. The van der Waals surface area contributed by atoms with E-state index in [0.717, 1.165) is 18.2 Å². The lowest BCUT2D eigenvalue weighted by atomic mass is 10.1. The molecule has 0 heterocycles. The van der Waals surface area contributed by atoms with Gasteiger partial charge in [0.25, 0.3) is 11.8 Å². The van der Waals surface area contributed by atoms with E-state index in [2.05, 4.69) is 15.8 Å². The van der Waals surface area contributed by atoms with Crippen molar-refractivity contribution >= 4 is 29.7 Å². The molecule has 4 aromatic rings. The van der Waals surface area contributed by atoms with E-state index in [1.165, 1.54) is 49.7 Å². The smallest absolute Gasteiger partial charge is 0.416 e. The highest BCUT2D eigenvalue weighted by Crippen LogP contribution is 2.30. The Balaban J connectivity index is 1.39. The molecule has 12 heteroatoms. The summed E-state index contributed by atoms with van der Waals surface area (Å²) in [5.41, 5.74) is 2.42. The number of nitrogens with zero attached hydrogens (tertiary/aromatic N) is 1. The number of methoxy groups -OCH3 is 1. The van der Waals surface area contributed by atoms with Crippen molar-refractivity contribution < 1.29 is 41.8 Å². The summed E-state index contributed by atoms with van der Waals surface area (Å²) in [7, 11) is 1.52. The summed E-state index contributed by atoms with van der Waals surface area (Å²) in [6, 6.07) is 21.0. The molecule has 4 rings (SSSR count). The Morgan fingerprint density at radius 3 is 2.20 bits per heavy atom. The van der Waals surface area contributed by atoms with Crippen LogP contribution in [0.5, 0.6) is 17.2 Å². The molecule has 0 bridgehead atoms. The average molecular weight is 606 g/mol. The number of hydrogen-bond acceptors (Lipinski definition) is 7. The molecule has 2 amide bonds. The number of anilines is 1. The zero-order chi connectivity index (χ0) is 31.7. The van der Waals surface area contributed by atoms with Gasteiger partial charge in [0, 0.05) is 16.8 Å². The van der Waals surface area contributed by atoms with Crippen LogP contribution >= 0.6 is 0 Å². The number of amides is 2. The van der Waals surface area contributed by atoms with E-state index in [4.69, 9.17) is 14.2 Å². The largest absolute Gasteiger partial charge is 0.497 e. The Morgan fingerprint density at radius 1 is 0.818 bits per heavy atom. The third kappa shape index (κ3) is 8.22. The molecule has 9 nitrogen and oxygen atoms in total. The second-order valence-corrected chi connectivity index (χ2v) is 9.07. The first-order chi connectivity index (χ1) is 21.1. The van der Waals surface area contributed by atoms with Gasteiger partial charge in [-0.25, -0.2) is 10.2 Å². The number of carbonyl (C=O) groups excluding carboxylic acids is 3. The van der Waals surface area contributed by atoms with E-state index in [9.17, 15) is 27.6 Å². The monoisotopic (exact) mass is 605 g/mol. The molecule has 0 aromatic heterocycles. The summed E-state index contributed by atoms with van der Waals surface area (Å²) < 4.78 is 55.2. The number of hydrazone groups is 1. The molecule has 0 atom stereocenters. The van der Waals surface area contributed by atoms with Gasteiger partial charge in [0.2, 0.25) is 0 Å². The number of alkyl halides is 3. The van der Waals surface area contributed by atoms with E-state index < -0.39 is 29.5 Å². The van der Waals surface area contributed by atoms with Crippen molar-refractivity contribution in [3.63, 3.8) is 0 Å². The van der Waals surface area contributed by atoms with Gasteiger partial charge in [-0.3, -0.25) is 9.59 Å². The molecule has 0 saturated heterocycles. The number of rotatable bonds is 10. The number of hydrogen-bond donors (Lipinski definition) is 2. The van der Waals surface area contributed by atoms with Gasteiger partial charge in [-0.1, -0.05) is 12.1 Å². The normalized spacial score (nSPS) is 11.1. The third-order valence-electron chi connectivity index (χ3n) is 6.01. The number of esters is 1. The van der Waals surface area contributed by atoms with Crippen LogP contribution in [0.3, 0.4) is 0 Å². The van der Waals surface area contributed by atoms with Crippen LogP contribution in [0, 0.1) is 0 Å². The standard InChI is InChI=1S/C32H26F3N3O6/c1-3-43-28-16-20(10-15-27(28)44-31(41)21-11-13-26(42-2)14-12-21)19-36-38-30(40)23-7-5-9-25(18-23)37-29(39)22-6-4-8-24(17-22)32(33,34)35/h4-19H,3H2,1-2H3,(H,37,39)(H,38,40). The molecule has 0 radical (unpaired) electrons. The quantitative estimate of drug-likeness (QED) is 0.0943. The molecule has 0 spiro atoms. The molecule has 44 heavy (non-hydrogen) atoms. The zero-order valence-corrected chi connectivity index (χ0v) is 23.5. The van der Waals surface area contributed by atoms with Crippen molar-refractivity contribution in [2.75, 3.05) is 19.0 Å². The van der Waals surface area contributed by atoms with Gasteiger partial charge in [0.15, 0.2) is 11.5 Å². The SMILES string of the molecule is CCOc1cc(C=NNC(=O)c2cccc(NC(=O)c3cccc(C(F)(F)F)c3)c2)ccc1OC(=O)c1ccc(OC)cc1. The van der Waals surface area contributed by atoms with Gasteiger partial charge < -0.3 is 19.5 Å². The highest BCUT2D eigenvalue weighted by Gasteiger charge is 2.31. The molecule has 226 valence electrons. The van der Waals surface area contributed by atoms with E-state index >= 15 is 0 Å². The Morgan fingerprint density at radius 2 is 1.52 bits per heavy atom. The first kappa shape index (κ1) is 31.3. The average Bonchev–Trinajstić information content (AvgIpc) is 3.02. The second-order valence-electron chi connectivity index (χ2n) is 9.07. The predicted molar refractivity (Wildman–Crippen MR) is 156 cm³/mol. The first-order valence-corrected chi connectivity index (χ1v) is 13.1. The van der Waals surface area contributed by atoms with Crippen molar-refractivity contribution in [3.05, 3.63) is 119 Å². The maximum atomic E-state index is 13.0. The zero-order valence-electron chi connectivity index (χ0n) is 23.5. The van der Waals surface area contributed by atoms with Crippen molar-refractivity contribution in [2.24, 2.45) is 5.10 Å². The molecule has 0 fully saturated rings. The Kier molecular flexibility index (Phi) is 9.96. The first-order valence-electron chi connectivity index (χ1n) is 13.1. The van der Waals surface area contributed by atoms with E-state index in [1.54, 1.807) is 43.3 Å². The summed E-state index contributed by atoms with van der Waals surface area (Å²) in [5, 5.41) is 6.44. The van der Waals surface area contributed by atoms with Crippen LogP contribution in [0.25, 0.3) is 0 Å². The fourth-order valence-corrected chi connectivity index (χ4v) is 3.85. The number of carbonyl (C=O) groups is 3. The minimum Gasteiger partial charge on any atom is -0.497 e. The molecule has 0 unspecified atom stereocenters. The molecular weight excluding hydrogens is 579 g/mol. The fraction of sp³-hybridized carbons (Fsp3) is 0.125. The van der Waals surface area contributed by atoms with Gasteiger partial charge in [0.05, 0.1) is 31.1 Å². The van der Waals surface area contributed by atoms with Crippen molar-refractivity contribution in [1.29, 1.82) is 0 Å². The maximum absolute atomic E-state index is 13.0. The Labute approximate surface area is 250 Å². The van der Waals surface area contributed by atoms with Crippen molar-refractivity contribution in [2.45, 2.75) is 13.1 Å². The lowest BCUT2D eigenvalue weighted by molar-refractivity contribution is -0.137. The Bertz CT molecular complexity index is 1690. The van der Waals surface area contributed by atoms with Gasteiger partial charge in [-0.2, -0.15) is 18.3 Å². The van der Waals surface area contributed by atoms with Gasteiger partial charge in [-0.15, -0.1) is 0 Å². The van der Waals surface area contributed by atoms with Crippen molar-refractivity contribution in [3.8, 4) is 17.2 Å². The molecular formula is C32H26F3N3O6. The summed E-state index contributed by atoms with van der Waals surface area (Å²) in [5.74, 6) is -0.885. The van der Waals surface area contributed by atoms with Crippen LogP contribution in [0.15, 0.2) is 96.1 Å². The minimum atomic E-state index is -4.59. The van der Waals surface area contributed by atoms with Crippen LogP contribution in [-0.2, 0) is 6.18 Å². The maximum Gasteiger partial charge on any atom is 0.416 e. The molecule has 0 aliphatic heterocycles. The van der Waals surface area contributed by atoms with Crippen LogP contribution < -0.4 is 25.0 Å². The van der Waals surface area contributed by atoms with Crippen LogP contribution in [0.1, 0.15) is 49.1 Å². The molecule has 4 aromatic carbocycles. The van der Waals surface area contributed by atoms with Gasteiger partial charge >= 0.3 is 12.1 Å².